The highest BCUT2D eigenvalue weighted by molar-refractivity contribution is 6.12. The van der Waals surface area contributed by atoms with E-state index >= 15 is 0 Å². The molecule has 0 aliphatic heterocycles. The van der Waals surface area contributed by atoms with E-state index in [1.54, 1.807) is 0 Å². The lowest BCUT2D eigenvalue weighted by Crippen LogP contribution is -2.32. The molecular formula is C11H16O3. The fourth-order valence-electron chi connectivity index (χ4n) is 2.10. The summed E-state index contributed by atoms with van der Waals surface area (Å²) in [6, 6.07) is 0. The number of carbonyl (C=O) groups excluding carboxylic acids is 3. The lowest BCUT2D eigenvalue weighted by atomic mass is 9.77. The molecule has 0 aromatic carbocycles. The molecule has 0 atom stereocenters. The molecule has 0 spiro atoms. The van der Waals surface area contributed by atoms with Crippen molar-refractivity contribution in [3.05, 3.63) is 0 Å². The van der Waals surface area contributed by atoms with Gasteiger partial charge in [0.25, 0.3) is 0 Å². The molecule has 0 unspecified atom stereocenters. The normalized spacial score (nSPS) is 20.1. The van der Waals surface area contributed by atoms with Crippen LogP contribution in [0.2, 0.25) is 0 Å². The van der Waals surface area contributed by atoms with E-state index in [0.717, 1.165) is 0 Å². The summed E-state index contributed by atoms with van der Waals surface area (Å²) in [5.74, 6) is 0.114. The maximum Gasteiger partial charge on any atom is 0.146 e. The Morgan fingerprint density at radius 2 is 1.79 bits per heavy atom. The second-order valence-electron chi connectivity index (χ2n) is 3.98. The molecule has 0 saturated heterocycles. The van der Waals surface area contributed by atoms with E-state index in [2.05, 4.69) is 0 Å². The summed E-state index contributed by atoms with van der Waals surface area (Å²) in [5.41, 5.74) is -0.814. The molecule has 0 aromatic heterocycles. The number of hydrogen-bond donors (Lipinski definition) is 0. The number of ketones is 3. The first kappa shape index (κ1) is 11.1. The van der Waals surface area contributed by atoms with Gasteiger partial charge in [0.15, 0.2) is 0 Å². The Hall–Kier alpha value is -0.990. The molecule has 1 saturated carbocycles. The summed E-state index contributed by atoms with van der Waals surface area (Å²) < 4.78 is 0. The van der Waals surface area contributed by atoms with Gasteiger partial charge in [0.05, 0.1) is 5.41 Å². The summed E-state index contributed by atoms with van der Waals surface area (Å²) >= 11 is 0. The number of Topliss-reactive ketones (excluding diaryl/α,β-unsaturated/α-hetero) is 3. The fourth-order valence-corrected chi connectivity index (χ4v) is 2.10. The molecule has 78 valence electrons. The lowest BCUT2D eigenvalue weighted by Gasteiger charge is -2.23. The molecule has 0 amide bonds. The summed E-state index contributed by atoms with van der Waals surface area (Å²) in [6.07, 6.45) is 2.02. The Morgan fingerprint density at radius 1 is 1.29 bits per heavy atom. The summed E-state index contributed by atoms with van der Waals surface area (Å²) in [5, 5.41) is 0. The van der Waals surface area contributed by atoms with Crippen molar-refractivity contribution < 1.29 is 14.4 Å². The number of hydrogen-bond acceptors (Lipinski definition) is 3. The topological polar surface area (TPSA) is 51.2 Å². The van der Waals surface area contributed by atoms with Crippen molar-refractivity contribution in [3.8, 4) is 0 Å². The first-order valence-electron chi connectivity index (χ1n) is 5.09. The van der Waals surface area contributed by atoms with Gasteiger partial charge in [-0.1, -0.05) is 6.92 Å². The maximum atomic E-state index is 11.6. The third kappa shape index (κ3) is 1.76. The Balaban J connectivity index is 2.79. The zero-order valence-electron chi connectivity index (χ0n) is 8.76. The van der Waals surface area contributed by atoms with Gasteiger partial charge in [-0.05, 0) is 19.8 Å². The van der Waals surface area contributed by atoms with Crippen molar-refractivity contribution in [2.24, 2.45) is 5.41 Å². The van der Waals surface area contributed by atoms with Crippen LogP contribution in [0.4, 0.5) is 0 Å². The van der Waals surface area contributed by atoms with Gasteiger partial charge in [0.1, 0.15) is 17.3 Å². The van der Waals surface area contributed by atoms with Gasteiger partial charge in [-0.25, -0.2) is 0 Å². The van der Waals surface area contributed by atoms with Crippen molar-refractivity contribution >= 4 is 17.3 Å². The summed E-state index contributed by atoms with van der Waals surface area (Å²) in [4.78, 5) is 34.1. The highest BCUT2D eigenvalue weighted by Crippen LogP contribution is 2.38. The fraction of sp³-hybridized carbons (Fsp3) is 0.727. The lowest BCUT2D eigenvalue weighted by molar-refractivity contribution is -0.135. The monoisotopic (exact) mass is 196 g/mol. The third-order valence-corrected chi connectivity index (χ3v) is 3.15. The van der Waals surface area contributed by atoms with Crippen molar-refractivity contribution in [3.63, 3.8) is 0 Å². The minimum atomic E-state index is -0.814. The predicted molar refractivity (Wildman–Crippen MR) is 51.9 cm³/mol. The van der Waals surface area contributed by atoms with Crippen LogP contribution in [0.5, 0.6) is 0 Å². The molecule has 3 heteroatoms. The summed E-state index contributed by atoms with van der Waals surface area (Å²) in [7, 11) is 0. The first-order valence-corrected chi connectivity index (χ1v) is 5.09. The van der Waals surface area contributed by atoms with Crippen LogP contribution in [-0.2, 0) is 14.4 Å². The molecular weight excluding hydrogens is 180 g/mol. The third-order valence-electron chi connectivity index (χ3n) is 3.15. The van der Waals surface area contributed by atoms with Gasteiger partial charge < -0.3 is 4.79 Å². The Morgan fingerprint density at radius 3 is 2.14 bits per heavy atom. The zero-order chi connectivity index (χ0) is 10.8. The Kier molecular flexibility index (Phi) is 3.19. The molecule has 1 aliphatic carbocycles. The van der Waals surface area contributed by atoms with Crippen LogP contribution in [-0.4, -0.2) is 17.3 Å². The molecule has 0 bridgehead atoms. The molecule has 0 radical (unpaired) electrons. The quantitative estimate of drug-likeness (QED) is 0.643. The van der Waals surface area contributed by atoms with Crippen LogP contribution >= 0.6 is 0 Å². The number of carbonyl (C=O) groups is 3. The standard InChI is InChI=1S/C11H16O3/c1-3-11(7-6-8(2)12)9(13)4-5-10(11)14/h3-7H2,1-2H3. The molecule has 1 fully saturated rings. The first-order chi connectivity index (χ1) is 6.53. The van der Waals surface area contributed by atoms with Gasteiger partial charge in [-0.15, -0.1) is 0 Å². The van der Waals surface area contributed by atoms with E-state index in [0.29, 0.717) is 32.1 Å². The van der Waals surface area contributed by atoms with Crippen LogP contribution in [0, 0.1) is 5.41 Å². The smallest absolute Gasteiger partial charge is 0.146 e. The van der Waals surface area contributed by atoms with Crippen molar-refractivity contribution in [2.45, 2.75) is 46.0 Å². The van der Waals surface area contributed by atoms with Crippen molar-refractivity contribution in [1.29, 1.82) is 0 Å². The van der Waals surface area contributed by atoms with E-state index in [1.165, 1.54) is 6.92 Å². The van der Waals surface area contributed by atoms with E-state index < -0.39 is 5.41 Å². The molecule has 1 rings (SSSR count). The van der Waals surface area contributed by atoms with Crippen LogP contribution in [0.3, 0.4) is 0 Å². The maximum absolute atomic E-state index is 11.6. The highest BCUT2D eigenvalue weighted by atomic mass is 16.2. The van der Waals surface area contributed by atoms with Crippen LogP contribution in [0.15, 0.2) is 0 Å². The van der Waals surface area contributed by atoms with Crippen LogP contribution in [0.1, 0.15) is 46.0 Å². The highest BCUT2D eigenvalue weighted by Gasteiger charge is 2.47. The van der Waals surface area contributed by atoms with E-state index in [1.807, 2.05) is 6.92 Å². The van der Waals surface area contributed by atoms with E-state index in [4.69, 9.17) is 0 Å². The van der Waals surface area contributed by atoms with Crippen molar-refractivity contribution in [1.82, 2.24) is 0 Å². The average molecular weight is 196 g/mol. The Bertz CT molecular complexity index is 262. The minimum Gasteiger partial charge on any atom is -0.300 e. The molecule has 0 N–H and O–H groups in total. The second kappa shape index (κ2) is 4.03. The SMILES string of the molecule is CCC1(CCC(C)=O)C(=O)CCC1=O. The number of rotatable bonds is 4. The molecule has 0 aromatic rings. The summed E-state index contributed by atoms with van der Waals surface area (Å²) in [6.45, 7) is 3.34. The average Bonchev–Trinajstić information content (AvgIpc) is 2.41. The van der Waals surface area contributed by atoms with Crippen LogP contribution < -0.4 is 0 Å². The molecule has 1 aliphatic rings. The molecule has 14 heavy (non-hydrogen) atoms. The molecule has 0 heterocycles. The van der Waals surface area contributed by atoms with E-state index in [-0.39, 0.29) is 17.3 Å². The second-order valence-corrected chi connectivity index (χ2v) is 3.98. The molecule has 3 nitrogen and oxygen atoms in total. The largest absolute Gasteiger partial charge is 0.300 e. The zero-order valence-corrected chi connectivity index (χ0v) is 8.76. The van der Waals surface area contributed by atoms with Gasteiger partial charge >= 0.3 is 0 Å². The van der Waals surface area contributed by atoms with Crippen molar-refractivity contribution in [2.75, 3.05) is 0 Å². The van der Waals surface area contributed by atoms with Gasteiger partial charge in [0, 0.05) is 19.3 Å². The van der Waals surface area contributed by atoms with E-state index in [9.17, 15) is 14.4 Å². The Labute approximate surface area is 83.9 Å². The van der Waals surface area contributed by atoms with Gasteiger partial charge in [-0.3, -0.25) is 9.59 Å². The van der Waals surface area contributed by atoms with Gasteiger partial charge in [-0.2, -0.15) is 0 Å². The predicted octanol–water partition coefficient (Wildman–Crippen LogP) is 1.68. The minimum absolute atomic E-state index is 0.0336. The van der Waals surface area contributed by atoms with Gasteiger partial charge in [0.2, 0.25) is 0 Å². The van der Waals surface area contributed by atoms with Crippen LogP contribution in [0.25, 0.3) is 0 Å².